The largest absolute Gasteiger partial charge is 0.351 e. The van der Waals surface area contributed by atoms with Gasteiger partial charge in [-0.1, -0.05) is 6.07 Å². The van der Waals surface area contributed by atoms with E-state index in [0.29, 0.717) is 5.65 Å². The van der Waals surface area contributed by atoms with Gasteiger partial charge in [0, 0.05) is 18.9 Å². The highest BCUT2D eigenvalue weighted by Crippen LogP contribution is 2.11. The van der Waals surface area contributed by atoms with Gasteiger partial charge in [0.25, 0.3) is 11.5 Å². The summed E-state index contributed by atoms with van der Waals surface area (Å²) in [5.41, 5.74) is -0.338. The lowest BCUT2D eigenvalue weighted by molar-refractivity contribution is 0.0954. The highest BCUT2D eigenvalue weighted by molar-refractivity contribution is 7.91. The number of benzene rings is 1. The Bertz CT molecular complexity index is 1120. The van der Waals surface area contributed by atoms with Crippen LogP contribution in [0.25, 0.3) is 5.65 Å². The molecule has 0 fully saturated rings. The van der Waals surface area contributed by atoms with Crippen LogP contribution in [0, 0.1) is 5.82 Å². The van der Waals surface area contributed by atoms with Gasteiger partial charge in [-0.2, -0.15) is 0 Å². The van der Waals surface area contributed by atoms with Gasteiger partial charge < -0.3 is 5.32 Å². The van der Waals surface area contributed by atoms with Crippen molar-refractivity contribution in [2.24, 2.45) is 0 Å². The number of nitrogens with one attached hydrogen (secondary N) is 1. The molecule has 0 radical (unpaired) electrons. The lowest BCUT2D eigenvalue weighted by atomic mass is 10.3. The average molecular weight is 375 g/mol. The molecule has 0 bridgehead atoms. The van der Waals surface area contributed by atoms with Crippen LogP contribution in [0.2, 0.25) is 0 Å². The van der Waals surface area contributed by atoms with E-state index in [1.54, 1.807) is 18.2 Å². The third-order valence-corrected chi connectivity index (χ3v) is 5.42. The molecule has 3 rings (SSSR count). The summed E-state index contributed by atoms with van der Waals surface area (Å²) in [6.07, 6.45) is 2.64. The maximum Gasteiger partial charge on any atom is 0.270 e. The molecule has 1 aromatic carbocycles. The Kier molecular flexibility index (Phi) is 4.81. The fourth-order valence-corrected chi connectivity index (χ4v) is 3.49. The first-order chi connectivity index (χ1) is 12.4. The zero-order valence-corrected chi connectivity index (χ0v) is 14.2. The molecule has 1 N–H and O–H groups in total. The Morgan fingerprint density at radius 1 is 1.15 bits per heavy atom. The van der Waals surface area contributed by atoms with E-state index < -0.39 is 27.1 Å². The van der Waals surface area contributed by atoms with E-state index in [-0.39, 0.29) is 22.8 Å². The number of carbonyl (C=O) groups is 1. The molecule has 134 valence electrons. The van der Waals surface area contributed by atoms with Crippen molar-refractivity contribution >= 4 is 21.4 Å². The molecule has 0 saturated heterocycles. The number of rotatable bonds is 5. The first-order valence-electron chi connectivity index (χ1n) is 7.61. The van der Waals surface area contributed by atoms with Crippen LogP contribution in [-0.2, 0) is 9.84 Å². The summed E-state index contributed by atoms with van der Waals surface area (Å²) in [5, 5.41) is 2.40. The Hall–Kier alpha value is -3.07. The van der Waals surface area contributed by atoms with Crippen molar-refractivity contribution in [1.29, 1.82) is 0 Å². The van der Waals surface area contributed by atoms with Crippen LogP contribution in [0.5, 0.6) is 0 Å². The Balaban J connectivity index is 1.70. The van der Waals surface area contributed by atoms with Gasteiger partial charge in [-0.3, -0.25) is 14.0 Å². The van der Waals surface area contributed by atoms with Gasteiger partial charge in [0.2, 0.25) is 0 Å². The van der Waals surface area contributed by atoms with Crippen LogP contribution >= 0.6 is 0 Å². The highest BCUT2D eigenvalue weighted by atomic mass is 32.2. The predicted octanol–water partition coefficient (Wildman–Crippen LogP) is 1.04. The normalized spacial score (nSPS) is 11.4. The van der Waals surface area contributed by atoms with Gasteiger partial charge in [0.15, 0.2) is 9.84 Å². The summed E-state index contributed by atoms with van der Waals surface area (Å²) >= 11 is 0. The van der Waals surface area contributed by atoms with Crippen molar-refractivity contribution in [2.75, 3.05) is 12.3 Å². The maximum absolute atomic E-state index is 12.9. The minimum Gasteiger partial charge on any atom is -0.351 e. The molecule has 9 heteroatoms. The summed E-state index contributed by atoms with van der Waals surface area (Å²) in [6.45, 7) is -0.199. The molecule has 0 saturated carbocycles. The second-order valence-corrected chi connectivity index (χ2v) is 7.54. The van der Waals surface area contributed by atoms with Gasteiger partial charge in [0.05, 0.1) is 10.6 Å². The van der Waals surface area contributed by atoms with Crippen LogP contribution in [0.15, 0.2) is 64.5 Å². The number of pyridine rings is 1. The standard InChI is InChI=1S/C17H14FN3O4S/c18-12-4-6-13(7-5-12)26(24,25)10-8-19-16(22)14-11-20-15-3-1-2-9-21(15)17(14)23/h1-7,9,11H,8,10H2,(H,19,22). The summed E-state index contributed by atoms with van der Waals surface area (Å²) in [5.74, 6) is -1.64. The zero-order chi connectivity index (χ0) is 18.7. The van der Waals surface area contributed by atoms with Crippen LogP contribution in [-0.4, -0.2) is 36.0 Å². The zero-order valence-electron chi connectivity index (χ0n) is 13.4. The summed E-state index contributed by atoms with van der Waals surface area (Å²) in [4.78, 5) is 28.4. The van der Waals surface area contributed by atoms with E-state index in [4.69, 9.17) is 0 Å². The van der Waals surface area contributed by atoms with Crippen molar-refractivity contribution < 1.29 is 17.6 Å². The van der Waals surface area contributed by atoms with Crippen molar-refractivity contribution in [2.45, 2.75) is 4.90 Å². The number of hydrogen-bond acceptors (Lipinski definition) is 5. The van der Waals surface area contributed by atoms with E-state index in [2.05, 4.69) is 10.3 Å². The third-order valence-electron chi connectivity index (χ3n) is 3.69. The topological polar surface area (TPSA) is 97.6 Å². The molecule has 7 nitrogen and oxygen atoms in total. The molecule has 0 spiro atoms. The van der Waals surface area contributed by atoms with Crippen LogP contribution in [0.1, 0.15) is 10.4 Å². The summed E-state index contributed by atoms with van der Waals surface area (Å²) in [6, 6.07) is 9.38. The molecule has 3 aromatic rings. The Labute approximate surface area is 148 Å². The molecule has 0 unspecified atom stereocenters. The number of sulfone groups is 1. The molecule has 26 heavy (non-hydrogen) atoms. The molecule has 1 amide bonds. The van der Waals surface area contributed by atoms with E-state index in [9.17, 15) is 22.4 Å². The van der Waals surface area contributed by atoms with Gasteiger partial charge in [-0.05, 0) is 36.4 Å². The van der Waals surface area contributed by atoms with Gasteiger partial charge in [-0.15, -0.1) is 0 Å². The van der Waals surface area contributed by atoms with E-state index in [0.717, 1.165) is 30.5 Å². The number of aromatic nitrogens is 2. The lowest BCUT2D eigenvalue weighted by Gasteiger charge is -2.07. The van der Waals surface area contributed by atoms with Crippen molar-refractivity contribution in [3.63, 3.8) is 0 Å². The highest BCUT2D eigenvalue weighted by Gasteiger charge is 2.17. The quantitative estimate of drug-likeness (QED) is 0.672. The monoisotopic (exact) mass is 375 g/mol. The van der Waals surface area contributed by atoms with Gasteiger partial charge in [-0.25, -0.2) is 17.8 Å². The number of halogens is 1. The summed E-state index contributed by atoms with van der Waals surface area (Å²) in [7, 11) is -3.68. The molecule has 0 aliphatic heterocycles. The number of fused-ring (bicyclic) bond motifs is 1. The molecule has 2 aromatic heterocycles. The van der Waals surface area contributed by atoms with Crippen LogP contribution < -0.4 is 10.9 Å². The van der Waals surface area contributed by atoms with E-state index >= 15 is 0 Å². The fourth-order valence-electron chi connectivity index (χ4n) is 2.34. The van der Waals surface area contributed by atoms with E-state index in [1.165, 1.54) is 10.6 Å². The summed E-state index contributed by atoms with van der Waals surface area (Å²) < 4.78 is 38.4. The third kappa shape index (κ3) is 3.62. The van der Waals surface area contributed by atoms with Gasteiger partial charge >= 0.3 is 0 Å². The van der Waals surface area contributed by atoms with Crippen molar-refractivity contribution in [3.05, 3.63) is 76.6 Å². The second kappa shape index (κ2) is 7.04. The second-order valence-electron chi connectivity index (χ2n) is 5.43. The fraction of sp³-hybridized carbons (Fsp3) is 0.118. The lowest BCUT2D eigenvalue weighted by Crippen LogP contribution is -2.34. The first kappa shape index (κ1) is 17.7. The molecule has 0 aliphatic rings. The maximum atomic E-state index is 12.9. The Morgan fingerprint density at radius 3 is 2.62 bits per heavy atom. The average Bonchev–Trinajstić information content (AvgIpc) is 2.62. The smallest absolute Gasteiger partial charge is 0.270 e. The SMILES string of the molecule is O=C(NCCS(=O)(=O)c1ccc(F)cc1)c1cnc2ccccn2c1=O. The minimum absolute atomic E-state index is 0.0411. The van der Waals surface area contributed by atoms with Crippen LogP contribution in [0.4, 0.5) is 4.39 Å². The number of carbonyl (C=O) groups excluding carboxylic acids is 1. The van der Waals surface area contributed by atoms with E-state index in [1.807, 2.05) is 0 Å². The number of amides is 1. The van der Waals surface area contributed by atoms with Gasteiger partial charge in [0.1, 0.15) is 17.0 Å². The number of nitrogens with zero attached hydrogens (tertiary/aromatic N) is 2. The van der Waals surface area contributed by atoms with Crippen molar-refractivity contribution in [3.8, 4) is 0 Å². The number of hydrogen-bond donors (Lipinski definition) is 1. The molecule has 0 atom stereocenters. The van der Waals surface area contributed by atoms with Crippen molar-refractivity contribution in [1.82, 2.24) is 14.7 Å². The Morgan fingerprint density at radius 2 is 1.88 bits per heavy atom. The molecule has 0 aliphatic carbocycles. The van der Waals surface area contributed by atoms with Crippen LogP contribution in [0.3, 0.4) is 0 Å². The minimum atomic E-state index is -3.68. The molecule has 2 heterocycles. The predicted molar refractivity (Wildman–Crippen MR) is 92.2 cm³/mol. The molecular formula is C17H14FN3O4S. The first-order valence-corrected chi connectivity index (χ1v) is 9.27. The molecular weight excluding hydrogens is 361 g/mol.